The van der Waals surface area contributed by atoms with E-state index >= 15 is 0 Å². The first-order valence-electron chi connectivity index (χ1n) is 8.19. The summed E-state index contributed by atoms with van der Waals surface area (Å²) in [5, 5.41) is 0. The number of hydrogen-bond acceptors (Lipinski definition) is 3. The SMILES string of the molecule is O=C(OCc1ccccc1)N1CCC(Oc2cc(Br)ccc2F)CC1. The van der Waals surface area contributed by atoms with Crippen LogP contribution in [0.4, 0.5) is 9.18 Å². The van der Waals surface area contributed by atoms with E-state index in [1.54, 1.807) is 17.0 Å². The van der Waals surface area contributed by atoms with Crippen LogP contribution in [0.1, 0.15) is 18.4 Å². The van der Waals surface area contributed by atoms with Crippen molar-refractivity contribution in [2.24, 2.45) is 0 Å². The van der Waals surface area contributed by atoms with Crippen molar-refractivity contribution in [1.82, 2.24) is 4.90 Å². The lowest BCUT2D eigenvalue weighted by molar-refractivity contribution is 0.0626. The second-order valence-electron chi connectivity index (χ2n) is 5.92. The molecule has 1 saturated heterocycles. The molecule has 3 rings (SSSR count). The number of halogens is 2. The summed E-state index contributed by atoms with van der Waals surface area (Å²) in [6, 6.07) is 14.2. The molecule has 25 heavy (non-hydrogen) atoms. The number of piperidine rings is 1. The minimum Gasteiger partial charge on any atom is -0.487 e. The van der Waals surface area contributed by atoms with E-state index < -0.39 is 0 Å². The van der Waals surface area contributed by atoms with Crippen LogP contribution in [0.15, 0.2) is 53.0 Å². The first-order chi connectivity index (χ1) is 12.1. The number of likely N-dealkylation sites (tertiary alicyclic amines) is 1. The minimum atomic E-state index is -0.382. The van der Waals surface area contributed by atoms with Crippen LogP contribution < -0.4 is 4.74 Å². The summed E-state index contributed by atoms with van der Waals surface area (Å²) in [6.45, 7) is 1.33. The van der Waals surface area contributed by atoms with Gasteiger partial charge in [0, 0.05) is 30.4 Å². The van der Waals surface area contributed by atoms with Gasteiger partial charge < -0.3 is 14.4 Å². The van der Waals surface area contributed by atoms with Crippen LogP contribution in [0.5, 0.6) is 5.75 Å². The van der Waals surface area contributed by atoms with E-state index in [9.17, 15) is 9.18 Å². The second-order valence-corrected chi connectivity index (χ2v) is 6.83. The molecule has 4 nitrogen and oxygen atoms in total. The maximum Gasteiger partial charge on any atom is 0.410 e. The summed E-state index contributed by atoms with van der Waals surface area (Å²) in [4.78, 5) is 13.8. The third kappa shape index (κ3) is 4.95. The van der Waals surface area contributed by atoms with Crippen molar-refractivity contribution in [3.05, 3.63) is 64.4 Å². The minimum absolute atomic E-state index is 0.109. The Morgan fingerprint density at radius 3 is 2.60 bits per heavy atom. The molecule has 1 amide bonds. The smallest absolute Gasteiger partial charge is 0.410 e. The number of ether oxygens (including phenoxy) is 2. The Hall–Kier alpha value is -2.08. The molecular formula is C19H19BrFNO3. The Bertz CT molecular complexity index is 718. The van der Waals surface area contributed by atoms with Gasteiger partial charge in [0.25, 0.3) is 0 Å². The summed E-state index contributed by atoms with van der Waals surface area (Å²) in [5.74, 6) is -0.146. The predicted molar refractivity (Wildman–Crippen MR) is 96.0 cm³/mol. The maximum atomic E-state index is 13.8. The van der Waals surface area contributed by atoms with Crippen LogP contribution in [-0.4, -0.2) is 30.2 Å². The van der Waals surface area contributed by atoms with E-state index in [2.05, 4.69) is 15.9 Å². The molecular weight excluding hydrogens is 389 g/mol. The first-order valence-corrected chi connectivity index (χ1v) is 8.98. The fraction of sp³-hybridized carbons (Fsp3) is 0.316. The highest BCUT2D eigenvalue weighted by molar-refractivity contribution is 9.10. The third-order valence-electron chi connectivity index (χ3n) is 4.09. The summed E-state index contributed by atoms with van der Waals surface area (Å²) < 4.78 is 25.6. The van der Waals surface area contributed by atoms with E-state index in [0.29, 0.717) is 25.9 Å². The van der Waals surface area contributed by atoms with Crippen LogP contribution >= 0.6 is 15.9 Å². The molecule has 1 heterocycles. The summed E-state index contributed by atoms with van der Waals surface area (Å²) in [5.41, 5.74) is 0.958. The third-order valence-corrected chi connectivity index (χ3v) is 4.59. The summed E-state index contributed by atoms with van der Waals surface area (Å²) in [6.07, 6.45) is 0.858. The van der Waals surface area contributed by atoms with Gasteiger partial charge in [0.2, 0.25) is 0 Å². The molecule has 0 atom stereocenters. The Kier molecular flexibility index (Phi) is 5.91. The van der Waals surface area contributed by atoms with E-state index in [-0.39, 0.29) is 30.4 Å². The van der Waals surface area contributed by atoms with Gasteiger partial charge in [-0.05, 0) is 23.8 Å². The van der Waals surface area contributed by atoms with Gasteiger partial charge in [-0.3, -0.25) is 0 Å². The number of benzene rings is 2. The van der Waals surface area contributed by atoms with Crippen LogP contribution in [0.2, 0.25) is 0 Å². The van der Waals surface area contributed by atoms with Crippen LogP contribution in [-0.2, 0) is 11.3 Å². The van der Waals surface area contributed by atoms with Crippen molar-refractivity contribution in [3.63, 3.8) is 0 Å². The number of nitrogens with zero attached hydrogens (tertiary/aromatic N) is 1. The molecule has 0 aliphatic carbocycles. The van der Waals surface area contributed by atoms with Crippen molar-refractivity contribution in [3.8, 4) is 5.75 Å². The summed E-state index contributed by atoms with van der Waals surface area (Å²) >= 11 is 3.31. The van der Waals surface area contributed by atoms with Gasteiger partial charge >= 0.3 is 6.09 Å². The number of rotatable bonds is 4. The molecule has 0 unspecified atom stereocenters. The quantitative estimate of drug-likeness (QED) is 0.732. The topological polar surface area (TPSA) is 38.8 Å². The molecule has 1 aliphatic rings. The maximum absolute atomic E-state index is 13.8. The highest BCUT2D eigenvalue weighted by atomic mass is 79.9. The van der Waals surface area contributed by atoms with E-state index in [1.807, 2.05) is 30.3 Å². The lowest BCUT2D eigenvalue weighted by Gasteiger charge is -2.31. The molecule has 2 aromatic carbocycles. The monoisotopic (exact) mass is 407 g/mol. The molecule has 0 radical (unpaired) electrons. The van der Waals surface area contributed by atoms with Gasteiger partial charge in [0.1, 0.15) is 12.7 Å². The molecule has 6 heteroatoms. The van der Waals surface area contributed by atoms with Crippen LogP contribution in [0.25, 0.3) is 0 Å². The zero-order valence-electron chi connectivity index (χ0n) is 13.7. The largest absolute Gasteiger partial charge is 0.487 e. The zero-order valence-corrected chi connectivity index (χ0v) is 15.2. The van der Waals surface area contributed by atoms with Crippen molar-refractivity contribution < 1.29 is 18.7 Å². The van der Waals surface area contributed by atoms with Crippen LogP contribution in [0.3, 0.4) is 0 Å². The van der Waals surface area contributed by atoms with Crippen molar-refractivity contribution in [2.75, 3.05) is 13.1 Å². The average Bonchev–Trinajstić information content (AvgIpc) is 2.64. The van der Waals surface area contributed by atoms with Crippen LogP contribution in [0, 0.1) is 5.82 Å². The van der Waals surface area contributed by atoms with E-state index in [4.69, 9.17) is 9.47 Å². The number of hydrogen-bond donors (Lipinski definition) is 0. The molecule has 1 fully saturated rings. The van der Waals surface area contributed by atoms with Gasteiger partial charge in [0.15, 0.2) is 11.6 Å². The Morgan fingerprint density at radius 1 is 1.16 bits per heavy atom. The highest BCUT2D eigenvalue weighted by Crippen LogP contribution is 2.26. The zero-order chi connectivity index (χ0) is 17.6. The standard InChI is InChI=1S/C19H19BrFNO3/c20-15-6-7-17(21)18(12-15)25-16-8-10-22(11-9-16)19(23)24-13-14-4-2-1-3-5-14/h1-7,12,16H,8-11,13H2. The Morgan fingerprint density at radius 2 is 1.88 bits per heavy atom. The fourth-order valence-corrected chi connectivity index (χ4v) is 3.05. The van der Waals surface area contributed by atoms with Gasteiger partial charge in [-0.1, -0.05) is 46.3 Å². The van der Waals surface area contributed by atoms with Crippen molar-refractivity contribution >= 4 is 22.0 Å². The fourth-order valence-electron chi connectivity index (χ4n) is 2.71. The number of carbonyl (C=O) groups is 1. The molecule has 2 aromatic rings. The molecule has 0 aromatic heterocycles. The van der Waals surface area contributed by atoms with E-state index in [1.165, 1.54) is 6.07 Å². The van der Waals surface area contributed by atoms with Gasteiger partial charge in [-0.2, -0.15) is 0 Å². The second kappa shape index (κ2) is 8.34. The molecule has 0 spiro atoms. The molecule has 0 saturated carbocycles. The van der Waals surface area contributed by atoms with Gasteiger partial charge in [-0.15, -0.1) is 0 Å². The predicted octanol–water partition coefficient (Wildman–Crippen LogP) is 4.77. The van der Waals surface area contributed by atoms with Crippen molar-refractivity contribution in [2.45, 2.75) is 25.6 Å². The molecule has 1 aliphatic heterocycles. The number of amides is 1. The molecule has 0 bridgehead atoms. The van der Waals surface area contributed by atoms with Gasteiger partial charge in [-0.25, -0.2) is 9.18 Å². The average molecular weight is 408 g/mol. The van der Waals surface area contributed by atoms with Crippen molar-refractivity contribution in [1.29, 1.82) is 0 Å². The van der Waals surface area contributed by atoms with E-state index in [0.717, 1.165) is 10.0 Å². The summed E-state index contributed by atoms with van der Waals surface area (Å²) in [7, 11) is 0. The Balaban J connectivity index is 1.46. The Labute approximate surface area is 154 Å². The molecule has 132 valence electrons. The van der Waals surface area contributed by atoms with Gasteiger partial charge in [0.05, 0.1) is 0 Å². The lowest BCUT2D eigenvalue weighted by atomic mass is 10.1. The first kappa shape index (κ1) is 17.7. The number of carbonyl (C=O) groups excluding carboxylic acids is 1. The normalized spacial score (nSPS) is 15.0. The molecule has 0 N–H and O–H groups in total. The lowest BCUT2D eigenvalue weighted by Crippen LogP contribution is -2.42. The highest BCUT2D eigenvalue weighted by Gasteiger charge is 2.25.